The van der Waals surface area contributed by atoms with Gasteiger partial charge in [0.1, 0.15) is 16.0 Å². The van der Waals surface area contributed by atoms with Crippen LogP contribution in [0, 0.1) is 0 Å². The first-order valence-electron chi connectivity index (χ1n) is 6.48. The number of benzene rings is 1. The van der Waals surface area contributed by atoms with Crippen LogP contribution < -0.4 is 10.9 Å². The molecule has 0 aliphatic rings. The lowest BCUT2D eigenvalue weighted by Gasteiger charge is -2.13. The Morgan fingerprint density at radius 3 is 2.67 bits per heavy atom. The number of nitrogens with two attached hydrogens (primary N) is 2. The minimum absolute atomic E-state index is 0.0894. The van der Waals surface area contributed by atoms with E-state index in [4.69, 9.17) is 15.6 Å². The predicted molar refractivity (Wildman–Crippen MR) is 83.8 cm³/mol. The highest BCUT2D eigenvalue weighted by Crippen LogP contribution is 2.16. The third-order valence-corrected chi connectivity index (χ3v) is 4.06. The minimum Gasteiger partial charge on any atom is -0.440 e. The van der Waals surface area contributed by atoms with Crippen LogP contribution in [0.5, 0.6) is 0 Å². The zero-order valence-electron chi connectivity index (χ0n) is 12.0. The van der Waals surface area contributed by atoms with Gasteiger partial charge in [0.2, 0.25) is 0 Å². The number of carbonyl (C=O) groups excluding carboxylic acids is 1. The molecule has 3 atom stereocenters. The number of ether oxygens (including phenoxy) is 1. The van der Waals surface area contributed by atoms with E-state index in [9.17, 15) is 9.00 Å². The van der Waals surface area contributed by atoms with Crippen molar-refractivity contribution in [2.45, 2.75) is 25.5 Å². The van der Waals surface area contributed by atoms with Crippen LogP contribution in [0.15, 0.2) is 47.3 Å². The zero-order valence-corrected chi connectivity index (χ0v) is 12.8. The van der Waals surface area contributed by atoms with E-state index < -0.39 is 28.2 Å². The molecule has 21 heavy (non-hydrogen) atoms. The standard InChI is InChI=1S/C14H21N3O3S/c1-3-7-13(15)10-21(16,19)17-14(18)20-11(2)12-8-5-4-6-9-12/h3-6,8-9,11,13H,1,7,10,15H2,2H3,(H2,16,17,18,19)/t11-,13-,21?/m0/s1. The summed E-state index contributed by atoms with van der Waals surface area (Å²) in [4.78, 5) is 11.7. The normalized spacial score (nSPS) is 16.3. The van der Waals surface area contributed by atoms with Gasteiger partial charge in [0.05, 0.1) is 5.75 Å². The van der Waals surface area contributed by atoms with Gasteiger partial charge in [0.15, 0.2) is 0 Å². The molecule has 0 fully saturated rings. The number of nitrogens with zero attached hydrogens (tertiary/aromatic N) is 1. The van der Waals surface area contributed by atoms with E-state index in [0.717, 1.165) is 5.56 Å². The van der Waals surface area contributed by atoms with Crippen LogP contribution in [-0.2, 0) is 14.7 Å². The Kier molecular flexibility index (Phi) is 6.54. The lowest BCUT2D eigenvalue weighted by atomic mass is 10.1. The van der Waals surface area contributed by atoms with Gasteiger partial charge in [-0.2, -0.15) is 0 Å². The quantitative estimate of drug-likeness (QED) is 0.784. The van der Waals surface area contributed by atoms with Gasteiger partial charge in [-0.05, 0) is 18.9 Å². The van der Waals surface area contributed by atoms with Crippen LogP contribution in [-0.4, -0.2) is 22.1 Å². The van der Waals surface area contributed by atoms with E-state index in [1.807, 2.05) is 30.3 Å². The van der Waals surface area contributed by atoms with E-state index in [2.05, 4.69) is 10.9 Å². The number of hydrogen-bond acceptors (Lipinski definition) is 4. The molecule has 116 valence electrons. The van der Waals surface area contributed by atoms with Crippen molar-refractivity contribution in [3.05, 3.63) is 48.6 Å². The summed E-state index contributed by atoms with van der Waals surface area (Å²) < 4.78 is 20.5. The molecule has 0 saturated carbocycles. The fourth-order valence-electron chi connectivity index (χ4n) is 1.72. The van der Waals surface area contributed by atoms with E-state index in [1.165, 1.54) is 0 Å². The molecule has 0 saturated heterocycles. The molecule has 0 spiro atoms. The van der Waals surface area contributed by atoms with Gasteiger partial charge in [-0.25, -0.2) is 14.1 Å². The van der Waals surface area contributed by atoms with E-state index in [1.54, 1.807) is 13.0 Å². The smallest absolute Gasteiger partial charge is 0.440 e. The van der Waals surface area contributed by atoms with Gasteiger partial charge in [-0.1, -0.05) is 36.4 Å². The molecule has 0 aliphatic heterocycles. The van der Waals surface area contributed by atoms with Gasteiger partial charge in [-0.3, -0.25) is 0 Å². The van der Waals surface area contributed by atoms with E-state index in [0.29, 0.717) is 6.42 Å². The third-order valence-electron chi connectivity index (χ3n) is 2.70. The second-order valence-electron chi connectivity index (χ2n) is 4.67. The Bertz CT molecular complexity index is 595. The van der Waals surface area contributed by atoms with Gasteiger partial charge in [0.25, 0.3) is 0 Å². The molecule has 0 aliphatic carbocycles. The molecular formula is C14H21N3O3S. The van der Waals surface area contributed by atoms with Crippen LogP contribution in [0.3, 0.4) is 0 Å². The molecule has 1 unspecified atom stereocenters. The summed E-state index contributed by atoms with van der Waals surface area (Å²) >= 11 is 0. The summed E-state index contributed by atoms with van der Waals surface area (Å²) in [6, 6.07) is 8.70. The van der Waals surface area contributed by atoms with Crippen LogP contribution in [0.1, 0.15) is 25.0 Å². The monoisotopic (exact) mass is 311 g/mol. The van der Waals surface area contributed by atoms with Crippen LogP contribution in [0.2, 0.25) is 0 Å². The summed E-state index contributed by atoms with van der Waals surface area (Å²) in [5.41, 5.74) is 6.51. The molecule has 7 heteroatoms. The fourth-order valence-corrected chi connectivity index (χ4v) is 2.84. The highest BCUT2D eigenvalue weighted by molar-refractivity contribution is 7.91. The SMILES string of the molecule is C=CC[C@H](N)CS(N)(=O)=NC(=O)O[C@@H](C)c1ccccc1. The van der Waals surface area contributed by atoms with E-state index >= 15 is 0 Å². The summed E-state index contributed by atoms with van der Waals surface area (Å²) in [7, 11) is -3.20. The first-order chi connectivity index (χ1) is 9.84. The summed E-state index contributed by atoms with van der Waals surface area (Å²) in [6.45, 7) is 5.23. The van der Waals surface area contributed by atoms with Crippen molar-refractivity contribution in [3.8, 4) is 0 Å². The molecule has 0 aromatic heterocycles. The van der Waals surface area contributed by atoms with Crippen molar-refractivity contribution in [2.24, 2.45) is 15.2 Å². The van der Waals surface area contributed by atoms with Crippen molar-refractivity contribution in [1.29, 1.82) is 0 Å². The molecule has 0 bridgehead atoms. The number of rotatable bonds is 6. The van der Waals surface area contributed by atoms with Crippen molar-refractivity contribution in [3.63, 3.8) is 0 Å². The lowest BCUT2D eigenvalue weighted by Crippen LogP contribution is -2.33. The summed E-state index contributed by atoms with van der Waals surface area (Å²) in [5.74, 6) is -0.0894. The van der Waals surface area contributed by atoms with Gasteiger partial charge >= 0.3 is 6.09 Å². The summed E-state index contributed by atoms with van der Waals surface area (Å²) in [5, 5.41) is 5.51. The van der Waals surface area contributed by atoms with Crippen molar-refractivity contribution >= 4 is 16.0 Å². The third kappa shape index (κ3) is 6.52. The predicted octanol–water partition coefficient (Wildman–Crippen LogP) is 2.13. The molecule has 1 aromatic carbocycles. The second kappa shape index (κ2) is 7.92. The number of amides is 1. The van der Waals surface area contributed by atoms with Crippen molar-refractivity contribution in [2.75, 3.05) is 5.75 Å². The number of hydrogen-bond donors (Lipinski definition) is 2. The maximum Gasteiger partial charge on any atom is 0.443 e. The second-order valence-corrected chi connectivity index (χ2v) is 6.56. The Morgan fingerprint density at radius 2 is 2.10 bits per heavy atom. The molecular weight excluding hydrogens is 290 g/mol. The molecule has 1 rings (SSSR count). The van der Waals surface area contributed by atoms with E-state index in [-0.39, 0.29) is 5.75 Å². The van der Waals surface area contributed by atoms with Crippen LogP contribution >= 0.6 is 0 Å². The highest BCUT2D eigenvalue weighted by Gasteiger charge is 2.15. The van der Waals surface area contributed by atoms with Gasteiger partial charge in [-0.15, -0.1) is 10.9 Å². The van der Waals surface area contributed by atoms with Crippen molar-refractivity contribution in [1.82, 2.24) is 0 Å². The lowest BCUT2D eigenvalue weighted by molar-refractivity contribution is 0.117. The summed E-state index contributed by atoms with van der Waals surface area (Å²) in [6.07, 6.45) is 0.582. The Balaban J connectivity index is 2.68. The maximum absolute atomic E-state index is 12.0. The van der Waals surface area contributed by atoms with Crippen LogP contribution in [0.4, 0.5) is 4.79 Å². The maximum atomic E-state index is 12.0. The van der Waals surface area contributed by atoms with Gasteiger partial charge in [0, 0.05) is 6.04 Å². The van der Waals surface area contributed by atoms with Crippen molar-refractivity contribution < 1.29 is 13.7 Å². The molecule has 6 nitrogen and oxygen atoms in total. The van der Waals surface area contributed by atoms with Gasteiger partial charge < -0.3 is 10.5 Å². The van der Waals surface area contributed by atoms with Crippen LogP contribution in [0.25, 0.3) is 0 Å². The average Bonchev–Trinajstić information content (AvgIpc) is 2.38. The largest absolute Gasteiger partial charge is 0.443 e. The fraction of sp³-hybridized carbons (Fsp3) is 0.357. The first-order valence-corrected chi connectivity index (χ1v) is 8.23. The Morgan fingerprint density at radius 1 is 1.48 bits per heavy atom. The first kappa shape index (κ1) is 17.4. The Hall–Kier alpha value is -1.70. The zero-order chi connectivity index (χ0) is 15.9. The molecule has 1 amide bonds. The average molecular weight is 311 g/mol. The molecule has 0 radical (unpaired) electrons. The minimum atomic E-state index is -3.20. The molecule has 0 heterocycles. The molecule has 1 aromatic rings. The highest BCUT2D eigenvalue weighted by atomic mass is 32.2. The molecule has 4 N–H and O–H groups in total. The Labute approximate surface area is 125 Å². The number of carbonyl (C=O) groups is 1. The topological polar surface area (TPSA) is 108 Å².